The van der Waals surface area contributed by atoms with Crippen LogP contribution in [0, 0.1) is 5.82 Å². The fourth-order valence-electron chi connectivity index (χ4n) is 1.47. The second kappa shape index (κ2) is 4.23. The molecule has 0 amide bonds. The SMILES string of the molecule is NCc1cncn1Cc1ccccc1F. The first-order chi connectivity index (χ1) is 7.31. The van der Waals surface area contributed by atoms with Gasteiger partial charge in [0.25, 0.3) is 0 Å². The van der Waals surface area contributed by atoms with E-state index in [4.69, 9.17) is 5.73 Å². The van der Waals surface area contributed by atoms with E-state index in [9.17, 15) is 4.39 Å². The Labute approximate surface area is 87.4 Å². The van der Waals surface area contributed by atoms with Crippen molar-refractivity contribution in [1.29, 1.82) is 0 Å². The molecule has 0 bridgehead atoms. The molecule has 0 aliphatic carbocycles. The predicted molar refractivity (Wildman–Crippen MR) is 55.6 cm³/mol. The maximum absolute atomic E-state index is 13.4. The van der Waals surface area contributed by atoms with Gasteiger partial charge >= 0.3 is 0 Å². The van der Waals surface area contributed by atoms with Crippen LogP contribution >= 0.6 is 0 Å². The van der Waals surface area contributed by atoms with Crippen LogP contribution in [-0.4, -0.2) is 9.55 Å². The van der Waals surface area contributed by atoms with Crippen molar-refractivity contribution in [2.75, 3.05) is 0 Å². The van der Waals surface area contributed by atoms with Crippen molar-refractivity contribution in [3.8, 4) is 0 Å². The van der Waals surface area contributed by atoms with Crippen LogP contribution in [0.3, 0.4) is 0 Å². The summed E-state index contributed by atoms with van der Waals surface area (Å²) >= 11 is 0. The molecule has 0 aliphatic heterocycles. The van der Waals surface area contributed by atoms with Gasteiger partial charge in [-0.25, -0.2) is 9.37 Å². The molecule has 0 radical (unpaired) electrons. The zero-order valence-corrected chi connectivity index (χ0v) is 8.23. The maximum Gasteiger partial charge on any atom is 0.128 e. The summed E-state index contributed by atoms with van der Waals surface area (Å²) in [5.41, 5.74) is 7.08. The van der Waals surface area contributed by atoms with Crippen molar-refractivity contribution >= 4 is 0 Å². The van der Waals surface area contributed by atoms with Gasteiger partial charge in [0.15, 0.2) is 0 Å². The fourth-order valence-corrected chi connectivity index (χ4v) is 1.47. The van der Waals surface area contributed by atoms with Crippen molar-refractivity contribution in [3.05, 3.63) is 53.9 Å². The van der Waals surface area contributed by atoms with Gasteiger partial charge in [0.2, 0.25) is 0 Å². The first-order valence-electron chi connectivity index (χ1n) is 4.73. The van der Waals surface area contributed by atoms with Crippen molar-refractivity contribution < 1.29 is 4.39 Å². The summed E-state index contributed by atoms with van der Waals surface area (Å²) in [6, 6.07) is 6.71. The number of imidazole rings is 1. The third kappa shape index (κ3) is 2.05. The minimum absolute atomic E-state index is 0.200. The van der Waals surface area contributed by atoms with E-state index in [1.54, 1.807) is 24.7 Å². The lowest BCUT2D eigenvalue weighted by Crippen LogP contribution is -2.08. The van der Waals surface area contributed by atoms with Crippen molar-refractivity contribution in [2.24, 2.45) is 5.73 Å². The highest BCUT2D eigenvalue weighted by Gasteiger charge is 2.04. The predicted octanol–water partition coefficient (Wildman–Crippen LogP) is 1.53. The second-order valence-electron chi connectivity index (χ2n) is 3.31. The summed E-state index contributed by atoms with van der Waals surface area (Å²) in [4.78, 5) is 3.98. The third-order valence-corrected chi connectivity index (χ3v) is 2.31. The second-order valence-corrected chi connectivity index (χ2v) is 3.31. The van der Waals surface area contributed by atoms with E-state index < -0.39 is 0 Å². The zero-order valence-electron chi connectivity index (χ0n) is 8.23. The van der Waals surface area contributed by atoms with Crippen LogP contribution in [0.4, 0.5) is 4.39 Å². The van der Waals surface area contributed by atoms with Crippen molar-refractivity contribution in [1.82, 2.24) is 9.55 Å². The summed E-state index contributed by atoms with van der Waals surface area (Å²) in [6.07, 6.45) is 3.36. The van der Waals surface area contributed by atoms with E-state index in [2.05, 4.69) is 4.98 Å². The van der Waals surface area contributed by atoms with E-state index in [1.165, 1.54) is 6.07 Å². The average molecular weight is 205 g/mol. The molecule has 1 aromatic heterocycles. The molecular formula is C11H12FN3. The Morgan fingerprint density at radius 1 is 1.33 bits per heavy atom. The zero-order chi connectivity index (χ0) is 10.7. The molecule has 0 atom stereocenters. The molecule has 0 unspecified atom stereocenters. The molecular weight excluding hydrogens is 193 g/mol. The van der Waals surface area contributed by atoms with Gasteiger partial charge in [-0.05, 0) is 6.07 Å². The smallest absolute Gasteiger partial charge is 0.128 e. The van der Waals surface area contributed by atoms with E-state index >= 15 is 0 Å². The molecule has 0 aliphatic rings. The molecule has 3 nitrogen and oxygen atoms in total. The Morgan fingerprint density at radius 3 is 2.87 bits per heavy atom. The molecule has 0 fully saturated rings. The van der Waals surface area contributed by atoms with E-state index in [0.717, 1.165) is 5.69 Å². The normalized spacial score (nSPS) is 10.5. The standard InChI is InChI=1S/C11H12FN3/c12-11-4-2-1-3-9(11)7-15-8-14-6-10(15)5-13/h1-4,6,8H,5,7,13H2. The van der Waals surface area contributed by atoms with Gasteiger partial charge in [-0.1, -0.05) is 18.2 Å². The number of hydrogen-bond acceptors (Lipinski definition) is 2. The molecule has 0 spiro atoms. The number of hydrogen-bond donors (Lipinski definition) is 1. The third-order valence-electron chi connectivity index (χ3n) is 2.31. The maximum atomic E-state index is 13.4. The first-order valence-corrected chi connectivity index (χ1v) is 4.73. The van der Waals surface area contributed by atoms with E-state index in [1.807, 2.05) is 10.6 Å². The quantitative estimate of drug-likeness (QED) is 0.825. The monoisotopic (exact) mass is 205 g/mol. The van der Waals surface area contributed by atoms with E-state index in [0.29, 0.717) is 18.7 Å². The Kier molecular flexibility index (Phi) is 2.78. The number of nitrogens with two attached hydrogens (primary N) is 1. The van der Waals surface area contributed by atoms with E-state index in [-0.39, 0.29) is 5.82 Å². The summed E-state index contributed by atoms with van der Waals surface area (Å²) in [5, 5.41) is 0. The largest absolute Gasteiger partial charge is 0.329 e. The van der Waals surface area contributed by atoms with Gasteiger partial charge in [0.1, 0.15) is 5.82 Å². The van der Waals surface area contributed by atoms with Crippen LogP contribution in [0.5, 0.6) is 0 Å². The number of halogens is 1. The molecule has 15 heavy (non-hydrogen) atoms. The summed E-state index contributed by atoms with van der Waals surface area (Å²) in [6.45, 7) is 0.883. The van der Waals surface area contributed by atoms with Gasteiger partial charge in [0, 0.05) is 18.3 Å². The minimum atomic E-state index is -0.200. The highest BCUT2D eigenvalue weighted by Crippen LogP contribution is 2.09. The number of nitrogens with zero attached hydrogens (tertiary/aromatic N) is 2. The van der Waals surface area contributed by atoms with Crippen LogP contribution in [0.15, 0.2) is 36.8 Å². The highest BCUT2D eigenvalue weighted by atomic mass is 19.1. The summed E-state index contributed by atoms with van der Waals surface area (Å²) in [7, 11) is 0. The molecule has 1 aromatic carbocycles. The van der Waals surface area contributed by atoms with Gasteiger partial charge < -0.3 is 10.3 Å². The number of aromatic nitrogens is 2. The van der Waals surface area contributed by atoms with Crippen LogP contribution < -0.4 is 5.73 Å². The molecule has 4 heteroatoms. The Bertz CT molecular complexity index is 451. The first kappa shape index (κ1) is 9.86. The van der Waals surface area contributed by atoms with Crippen molar-refractivity contribution in [2.45, 2.75) is 13.1 Å². The Morgan fingerprint density at radius 2 is 2.13 bits per heavy atom. The average Bonchev–Trinajstić information content (AvgIpc) is 2.69. The van der Waals surface area contributed by atoms with Crippen LogP contribution in [-0.2, 0) is 13.1 Å². The lowest BCUT2D eigenvalue weighted by Gasteiger charge is -2.07. The van der Waals surface area contributed by atoms with Gasteiger partial charge in [-0.2, -0.15) is 0 Å². The molecule has 2 aromatic rings. The Hall–Kier alpha value is -1.68. The lowest BCUT2D eigenvalue weighted by molar-refractivity contribution is 0.595. The summed E-state index contributed by atoms with van der Waals surface area (Å²) in [5.74, 6) is -0.200. The molecule has 2 N–H and O–H groups in total. The Balaban J connectivity index is 2.26. The van der Waals surface area contributed by atoms with Crippen LogP contribution in [0.25, 0.3) is 0 Å². The molecule has 78 valence electrons. The topological polar surface area (TPSA) is 43.8 Å². The van der Waals surface area contributed by atoms with Crippen LogP contribution in [0.2, 0.25) is 0 Å². The highest BCUT2D eigenvalue weighted by molar-refractivity contribution is 5.18. The van der Waals surface area contributed by atoms with Crippen LogP contribution in [0.1, 0.15) is 11.3 Å². The number of benzene rings is 1. The van der Waals surface area contributed by atoms with Gasteiger partial charge in [-0.15, -0.1) is 0 Å². The molecule has 2 rings (SSSR count). The van der Waals surface area contributed by atoms with Gasteiger partial charge in [-0.3, -0.25) is 0 Å². The molecule has 0 saturated carbocycles. The lowest BCUT2D eigenvalue weighted by atomic mass is 10.2. The minimum Gasteiger partial charge on any atom is -0.329 e. The van der Waals surface area contributed by atoms with Gasteiger partial charge in [0.05, 0.1) is 18.6 Å². The summed E-state index contributed by atoms with van der Waals surface area (Å²) < 4.78 is 15.2. The number of rotatable bonds is 3. The fraction of sp³-hybridized carbons (Fsp3) is 0.182. The molecule has 1 heterocycles. The molecule has 0 saturated heterocycles. The van der Waals surface area contributed by atoms with Crippen molar-refractivity contribution in [3.63, 3.8) is 0 Å².